The summed E-state index contributed by atoms with van der Waals surface area (Å²) < 4.78 is 6.61. The minimum atomic E-state index is -0.197. The van der Waals surface area contributed by atoms with Crippen molar-refractivity contribution in [3.05, 3.63) is 36.7 Å². The van der Waals surface area contributed by atoms with Gasteiger partial charge in [0, 0.05) is 17.9 Å². The van der Waals surface area contributed by atoms with Gasteiger partial charge in [-0.2, -0.15) is 5.10 Å². The highest BCUT2D eigenvalue weighted by Crippen LogP contribution is 2.33. The van der Waals surface area contributed by atoms with Crippen molar-refractivity contribution in [3.63, 3.8) is 0 Å². The van der Waals surface area contributed by atoms with Crippen LogP contribution in [0.5, 0.6) is 5.75 Å². The molecular formula is C21H28ClN5O3. The van der Waals surface area contributed by atoms with Crippen molar-refractivity contribution in [2.45, 2.75) is 50.7 Å². The zero-order chi connectivity index (χ0) is 20.2. The maximum atomic E-state index is 12.6. The first kappa shape index (κ1) is 22.1. The predicted molar refractivity (Wildman–Crippen MR) is 117 cm³/mol. The Hall–Kier alpha value is -2.58. The highest BCUT2D eigenvalue weighted by Gasteiger charge is 2.38. The summed E-state index contributed by atoms with van der Waals surface area (Å²) in [5.74, 6) is 1.12. The average Bonchev–Trinajstić information content (AvgIpc) is 3.35. The molecule has 2 amide bonds. The molecular weight excluding hydrogens is 406 g/mol. The lowest BCUT2D eigenvalue weighted by molar-refractivity contribution is -0.118. The molecule has 2 aromatic rings. The van der Waals surface area contributed by atoms with Crippen molar-refractivity contribution in [2.24, 2.45) is 5.92 Å². The second-order valence-electron chi connectivity index (χ2n) is 7.80. The maximum Gasteiger partial charge on any atom is 0.246 e. The number of hydrogen-bond donors (Lipinski definition) is 3. The Labute approximate surface area is 182 Å². The smallest absolute Gasteiger partial charge is 0.246 e. The SMILES string of the molecule is COc1ccc(NC(=O)Cn2cc(NC(=O)C3CC4CCCCC4N3)cn2)cc1.Cl. The van der Waals surface area contributed by atoms with Gasteiger partial charge in [-0.3, -0.25) is 14.3 Å². The summed E-state index contributed by atoms with van der Waals surface area (Å²) in [6.45, 7) is 0.0632. The van der Waals surface area contributed by atoms with Gasteiger partial charge in [0.05, 0.1) is 25.0 Å². The van der Waals surface area contributed by atoms with Gasteiger partial charge in [-0.25, -0.2) is 0 Å². The minimum absolute atomic E-state index is 0. The molecule has 1 aromatic heterocycles. The molecule has 2 aliphatic rings. The second-order valence-corrected chi connectivity index (χ2v) is 7.80. The van der Waals surface area contributed by atoms with Gasteiger partial charge in [-0.05, 0) is 49.4 Å². The number of nitrogens with one attached hydrogen (secondary N) is 3. The number of carbonyl (C=O) groups excluding carboxylic acids is 2. The topological polar surface area (TPSA) is 97.3 Å². The lowest BCUT2D eigenvalue weighted by Gasteiger charge is -2.24. The standard InChI is InChI=1S/C21H27N5O3.ClH/c1-29-17-8-6-15(7-9-17)23-20(27)13-26-12-16(11-22-26)24-21(28)19-10-14-4-2-3-5-18(14)25-19;/h6-9,11-12,14,18-19,25H,2-5,10,13H2,1H3,(H,23,27)(H,24,28);1H. The van der Waals surface area contributed by atoms with E-state index in [0.29, 0.717) is 23.3 Å². The molecule has 162 valence electrons. The fraction of sp³-hybridized carbons (Fsp3) is 0.476. The van der Waals surface area contributed by atoms with E-state index in [1.807, 2.05) is 0 Å². The molecule has 8 nitrogen and oxygen atoms in total. The van der Waals surface area contributed by atoms with Gasteiger partial charge < -0.3 is 20.7 Å². The van der Waals surface area contributed by atoms with Crippen molar-refractivity contribution >= 4 is 35.6 Å². The molecule has 0 bridgehead atoms. The number of fused-ring (bicyclic) bond motifs is 1. The average molecular weight is 434 g/mol. The fourth-order valence-electron chi connectivity index (χ4n) is 4.29. The number of methoxy groups -OCH3 is 1. The maximum absolute atomic E-state index is 12.6. The number of anilines is 2. The molecule has 3 N–H and O–H groups in total. The van der Waals surface area contributed by atoms with Gasteiger partial charge >= 0.3 is 0 Å². The lowest BCUT2D eigenvalue weighted by atomic mass is 9.85. The molecule has 1 aromatic carbocycles. The molecule has 1 saturated heterocycles. The molecule has 3 unspecified atom stereocenters. The highest BCUT2D eigenvalue weighted by atomic mass is 35.5. The summed E-state index contributed by atoms with van der Waals surface area (Å²) >= 11 is 0. The van der Waals surface area contributed by atoms with Crippen molar-refractivity contribution < 1.29 is 14.3 Å². The molecule has 2 heterocycles. The van der Waals surface area contributed by atoms with E-state index in [1.165, 1.54) is 23.9 Å². The summed E-state index contributed by atoms with van der Waals surface area (Å²) in [4.78, 5) is 24.8. The highest BCUT2D eigenvalue weighted by molar-refractivity contribution is 5.95. The van der Waals surface area contributed by atoms with E-state index in [2.05, 4.69) is 21.0 Å². The zero-order valence-electron chi connectivity index (χ0n) is 17.0. The van der Waals surface area contributed by atoms with Crippen molar-refractivity contribution in [3.8, 4) is 5.75 Å². The van der Waals surface area contributed by atoms with Gasteiger partial charge in [0.1, 0.15) is 12.3 Å². The number of nitrogens with zero attached hydrogens (tertiary/aromatic N) is 2. The van der Waals surface area contributed by atoms with E-state index < -0.39 is 0 Å². The van der Waals surface area contributed by atoms with Crippen LogP contribution in [0.1, 0.15) is 32.1 Å². The third-order valence-electron chi connectivity index (χ3n) is 5.76. The number of halogens is 1. The molecule has 3 atom stereocenters. The molecule has 9 heteroatoms. The van der Waals surface area contributed by atoms with Gasteiger partial charge in [0.15, 0.2) is 0 Å². The van der Waals surface area contributed by atoms with E-state index in [0.717, 1.165) is 18.6 Å². The number of hydrogen-bond acceptors (Lipinski definition) is 5. The van der Waals surface area contributed by atoms with E-state index in [-0.39, 0.29) is 36.8 Å². The van der Waals surface area contributed by atoms with Crippen LogP contribution in [0, 0.1) is 5.92 Å². The molecule has 1 saturated carbocycles. The number of ether oxygens (including phenoxy) is 1. The number of aromatic nitrogens is 2. The van der Waals surface area contributed by atoms with Crippen LogP contribution in [0.2, 0.25) is 0 Å². The first-order chi connectivity index (χ1) is 14.1. The van der Waals surface area contributed by atoms with Crippen molar-refractivity contribution in [1.29, 1.82) is 0 Å². The summed E-state index contributed by atoms with van der Waals surface area (Å²) in [5, 5.41) is 13.4. The van der Waals surface area contributed by atoms with E-state index in [1.54, 1.807) is 43.8 Å². The minimum Gasteiger partial charge on any atom is -0.497 e. The molecule has 1 aliphatic heterocycles. The van der Waals surface area contributed by atoms with E-state index in [4.69, 9.17) is 4.74 Å². The summed E-state index contributed by atoms with van der Waals surface area (Å²) in [6.07, 6.45) is 9.03. The fourth-order valence-corrected chi connectivity index (χ4v) is 4.29. The molecule has 0 spiro atoms. The lowest BCUT2D eigenvalue weighted by Crippen LogP contribution is -2.39. The van der Waals surface area contributed by atoms with Crippen LogP contribution >= 0.6 is 12.4 Å². The van der Waals surface area contributed by atoms with E-state index >= 15 is 0 Å². The number of amides is 2. The van der Waals surface area contributed by atoms with E-state index in [9.17, 15) is 9.59 Å². The molecule has 0 radical (unpaired) electrons. The van der Waals surface area contributed by atoms with Crippen LogP contribution in [0.25, 0.3) is 0 Å². The molecule has 4 rings (SSSR count). The predicted octanol–water partition coefficient (Wildman–Crippen LogP) is 2.81. The molecule has 2 fully saturated rings. The Morgan fingerprint density at radius 1 is 1.17 bits per heavy atom. The van der Waals surface area contributed by atoms with Crippen LogP contribution in [-0.2, 0) is 16.1 Å². The van der Waals surface area contributed by atoms with Crippen molar-refractivity contribution in [2.75, 3.05) is 17.7 Å². The van der Waals surface area contributed by atoms with Crippen LogP contribution in [0.15, 0.2) is 36.7 Å². The van der Waals surface area contributed by atoms with Gasteiger partial charge in [0.2, 0.25) is 11.8 Å². The first-order valence-electron chi connectivity index (χ1n) is 10.1. The summed E-state index contributed by atoms with van der Waals surface area (Å²) in [6, 6.07) is 7.44. The van der Waals surface area contributed by atoms with Gasteiger partial charge in [0.25, 0.3) is 0 Å². The summed E-state index contributed by atoms with van der Waals surface area (Å²) in [5.41, 5.74) is 1.29. The Bertz CT molecular complexity index is 856. The largest absolute Gasteiger partial charge is 0.497 e. The third kappa shape index (κ3) is 5.31. The first-order valence-corrected chi connectivity index (χ1v) is 10.1. The Balaban J connectivity index is 0.00000256. The normalized spacial score (nSPS) is 22.5. The molecule has 1 aliphatic carbocycles. The Kier molecular flexibility index (Phi) is 7.33. The van der Waals surface area contributed by atoms with Crippen LogP contribution in [0.4, 0.5) is 11.4 Å². The monoisotopic (exact) mass is 433 g/mol. The van der Waals surface area contributed by atoms with Crippen LogP contribution in [-0.4, -0.2) is 40.8 Å². The van der Waals surface area contributed by atoms with Crippen LogP contribution in [0.3, 0.4) is 0 Å². The third-order valence-corrected chi connectivity index (χ3v) is 5.76. The number of carbonyl (C=O) groups is 2. The number of rotatable bonds is 6. The van der Waals surface area contributed by atoms with Gasteiger partial charge in [-0.1, -0.05) is 12.8 Å². The Morgan fingerprint density at radius 3 is 2.67 bits per heavy atom. The quantitative estimate of drug-likeness (QED) is 0.650. The van der Waals surface area contributed by atoms with Gasteiger partial charge in [-0.15, -0.1) is 12.4 Å². The number of benzene rings is 1. The van der Waals surface area contributed by atoms with Crippen molar-refractivity contribution in [1.82, 2.24) is 15.1 Å². The Morgan fingerprint density at radius 2 is 1.93 bits per heavy atom. The summed E-state index contributed by atoms with van der Waals surface area (Å²) in [7, 11) is 1.59. The molecule has 30 heavy (non-hydrogen) atoms. The van der Waals surface area contributed by atoms with Crippen LogP contribution < -0.4 is 20.7 Å². The zero-order valence-corrected chi connectivity index (χ0v) is 17.8. The second kappa shape index (κ2) is 9.95.